The molecule has 0 saturated carbocycles. The molecule has 1 aromatic rings. The van der Waals surface area contributed by atoms with Gasteiger partial charge < -0.3 is 15.5 Å². The Morgan fingerprint density at radius 2 is 1.80 bits per heavy atom. The summed E-state index contributed by atoms with van der Waals surface area (Å²) in [5, 5.41) is 6.87. The lowest BCUT2D eigenvalue weighted by Crippen LogP contribution is -2.57. The lowest BCUT2D eigenvalue weighted by Gasteiger charge is -2.44. The van der Waals surface area contributed by atoms with Gasteiger partial charge >= 0.3 is 6.03 Å². The molecule has 1 atom stereocenters. The van der Waals surface area contributed by atoms with Gasteiger partial charge in [0.15, 0.2) is 0 Å². The largest absolute Gasteiger partial charge is 0.334 e. The molecule has 1 aromatic carbocycles. The second-order valence-electron chi connectivity index (χ2n) is 5.50. The van der Waals surface area contributed by atoms with E-state index in [1.54, 1.807) is 18.2 Å². The predicted octanol–water partition coefficient (Wildman–Crippen LogP) is 3.21. The van der Waals surface area contributed by atoms with Crippen LogP contribution in [-0.2, 0) is 0 Å². The Bertz CT molecular complexity index is 495. The monoisotopic (exact) mass is 313 g/mol. The molecule has 2 N–H and O–H groups in total. The fourth-order valence-electron chi connectivity index (χ4n) is 3.09. The minimum atomic E-state index is -0.193. The summed E-state index contributed by atoms with van der Waals surface area (Å²) in [6.45, 7) is 3.27. The van der Waals surface area contributed by atoms with E-state index in [2.05, 4.69) is 15.5 Å². The normalized spacial score (nSPS) is 28.2. The Hall–Kier alpha value is -0.970. The zero-order valence-electron chi connectivity index (χ0n) is 11.0. The van der Waals surface area contributed by atoms with E-state index in [0.717, 1.165) is 19.6 Å². The number of carbonyl (C=O) groups excluding carboxylic acids is 1. The van der Waals surface area contributed by atoms with E-state index < -0.39 is 0 Å². The number of halogens is 2. The fraction of sp³-hybridized carbons (Fsp3) is 0.500. The number of piperidine rings is 3. The maximum Gasteiger partial charge on any atom is 0.319 e. The third-order valence-electron chi connectivity index (χ3n) is 4.09. The van der Waals surface area contributed by atoms with Crippen LogP contribution in [0.15, 0.2) is 18.2 Å². The minimum Gasteiger partial charge on any atom is -0.334 e. The van der Waals surface area contributed by atoms with Gasteiger partial charge in [0, 0.05) is 28.3 Å². The van der Waals surface area contributed by atoms with Gasteiger partial charge in [0.1, 0.15) is 0 Å². The van der Waals surface area contributed by atoms with Gasteiger partial charge in [0.25, 0.3) is 0 Å². The number of amides is 2. The average molecular weight is 314 g/mol. The van der Waals surface area contributed by atoms with Crippen LogP contribution < -0.4 is 10.6 Å². The molecular formula is C14H17Cl2N3O. The molecule has 108 valence electrons. The molecule has 4 nitrogen and oxygen atoms in total. The van der Waals surface area contributed by atoms with Crippen LogP contribution in [0.1, 0.15) is 12.8 Å². The van der Waals surface area contributed by atoms with Crippen molar-refractivity contribution in [2.45, 2.75) is 18.9 Å². The summed E-state index contributed by atoms with van der Waals surface area (Å²) < 4.78 is 0. The van der Waals surface area contributed by atoms with E-state index in [-0.39, 0.29) is 12.1 Å². The standard InChI is InChI=1S/C14H17Cl2N3O/c15-10-5-11(16)7-12(6-10)17-14(20)18-13-8-19-3-1-9(13)2-4-19/h5-7,9,13H,1-4,8H2,(H2,17,18,20)/t13-/m0/s1. The van der Waals surface area contributed by atoms with E-state index in [9.17, 15) is 4.79 Å². The molecule has 0 aliphatic carbocycles. The first-order valence-corrected chi connectivity index (χ1v) is 7.62. The molecule has 3 aliphatic heterocycles. The van der Waals surface area contributed by atoms with Gasteiger partial charge in [-0.15, -0.1) is 0 Å². The minimum absolute atomic E-state index is 0.193. The Morgan fingerprint density at radius 3 is 2.35 bits per heavy atom. The fourth-order valence-corrected chi connectivity index (χ4v) is 3.62. The van der Waals surface area contributed by atoms with Gasteiger partial charge in [0.05, 0.1) is 0 Å². The number of nitrogens with zero attached hydrogens (tertiary/aromatic N) is 1. The molecular weight excluding hydrogens is 297 g/mol. The Balaban J connectivity index is 1.59. The Morgan fingerprint density at radius 1 is 1.15 bits per heavy atom. The van der Waals surface area contributed by atoms with Crippen LogP contribution in [0, 0.1) is 5.92 Å². The van der Waals surface area contributed by atoms with Crippen molar-refractivity contribution in [2.24, 2.45) is 5.92 Å². The number of nitrogens with one attached hydrogen (secondary N) is 2. The third kappa shape index (κ3) is 3.19. The van der Waals surface area contributed by atoms with E-state index in [4.69, 9.17) is 23.2 Å². The molecule has 3 fully saturated rings. The number of fused-ring (bicyclic) bond motifs is 3. The molecule has 20 heavy (non-hydrogen) atoms. The highest BCUT2D eigenvalue weighted by Gasteiger charge is 2.34. The van der Waals surface area contributed by atoms with Crippen LogP contribution in [-0.4, -0.2) is 36.6 Å². The molecule has 0 unspecified atom stereocenters. The summed E-state index contributed by atoms with van der Waals surface area (Å²) in [4.78, 5) is 14.5. The average Bonchev–Trinajstić information content (AvgIpc) is 2.38. The molecule has 3 aliphatic rings. The Kier molecular flexibility index (Phi) is 4.06. The molecule has 6 heteroatoms. The summed E-state index contributed by atoms with van der Waals surface area (Å²) >= 11 is 11.8. The summed E-state index contributed by atoms with van der Waals surface area (Å²) in [5.74, 6) is 0.605. The number of hydrogen-bond acceptors (Lipinski definition) is 2. The van der Waals surface area contributed by atoms with Crippen LogP contribution >= 0.6 is 23.2 Å². The molecule has 0 aromatic heterocycles. The van der Waals surface area contributed by atoms with Gasteiger partial charge in [-0.25, -0.2) is 4.79 Å². The van der Waals surface area contributed by atoms with E-state index in [0.29, 0.717) is 21.7 Å². The van der Waals surface area contributed by atoms with E-state index >= 15 is 0 Å². The summed E-state index contributed by atoms with van der Waals surface area (Å²) in [7, 11) is 0. The first-order chi connectivity index (χ1) is 9.60. The van der Waals surface area contributed by atoms with Gasteiger partial charge in [-0.2, -0.15) is 0 Å². The molecule has 0 radical (unpaired) electrons. The van der Waals surface area contributed by atoms with Crippen molar-refractivity contribution < 1.29 is 4.79 Å². The molecule has 3 saturated heterocycles. The number of hydrogen-bond donors (Lipinski definition) is 2. The van der Waals surface area contributed by atoms with Crippen molar-refractivity contribution in [3.8, 4) is 0 Å². The number of anilines is 1. The zero-order valence-corrected chi connectivity index (χ0v) is 12.5. The second kappa shape index (κ2) is 5.80. The Labute approximate surface area is 128 Å². The van der Waals surface area contributed by atoms with Crippen LogP contribution in [0.25, 0.3) is 0 Å². The number of rotatable bonds is 2. The maximum atomic E-state index is 12.1. The molecule has 2 bridgehead atoms. The molecule has 3 heterocycles. The summed E-state index contributed by atoms with van der Waals surface area (Å²) in [5.41, 5.74) is 0.612. The summed E-state index contributed by atoms with van der Waals surface area (Å²) in [6.07, 6.45) is 2.35. The highest BCUT2D eigenvalue weighted by Crippen LogP contribution is 2.27. The van der Waals surface area contributed by atoms with Crippen LogP contribution in [0.5, 0.6) is 0 Å². The van der Waals surface area contributed by atoms with Gasteiger partial charge in [0.2, 0.25) is 0 Å². The number of benzene rings is 1. The van der Waals surface area contributed by atoms with Crippen molar-refractivity contribution in [3.63, 3.8) is 0 Å². The SMILES string of the molecule is O=C(Nc1cc(Cl)cc(Cl)c1)N[C@H]1CN2CCC1CC2. The second-order valence-corrected chi connectivity index (χ2v) is 6.37. The molecule has 4 rings (SSSR count). The van der Waals surface area contributed by atoms with E-state index in [1.807, 2.05) is 0 Å². The lowest BCUT2D eigenvalue weighted by molar-refractivity contribution is 0.0777. The van der Waals surface area contributed by atoms with Crippen molar-refractivity contribution in [1.29, 1.82) is 0 Å². The number of carbonyl (C=O) groups is 1. The smallest absolute Gasteiger partial charge is 0.319 e. The summed E-state index contributed by atoms with van der Waals surface area (Å²) in [6, 6.07) is 5.06. The van der Waals surface area contributed by atoms with Crippen molar-refractivity contribution in [1.82, 2.24) is 10.2 Å². The van der Waals surface area contributed by atoms with Crippen molar-refractivity contribution in [3.05, 3.63) is 28.2 Å². The first kappa shape index (κ1) is 14.0. The maximum absolute atomic E-state index is 12.1. The van der Waals surface area contributed by atoms with Gasteiger partial charge in [-0.1, -0.05) is 23.2 Å². The quantitative estimate of drug-likeness (QED) is 0.880. The lowest BCUT2D eigenvalue weighted by atomic mass is 9.84. The molecule has 0 spiro atoms. The van der Waals surface area contributed by atoms with Crippen LogP contribution in [0.4, 0.5) is 10.5 Å². The highest BCUT2D eigenvalue weighted by molar-refractivity contribution is 6.35. The van der Waals surface area contributed by atoms with E-state index in [1.165, 1.54) is 12.8 Å². The first-order valence-electron chi connectivity index (χ1n) is 6.86. The highest BCUT2D eigenvalue weighted by atomic mass is 35.5. The third-order valence-corrected chi connectivity index (χ3v) is 4.53. The predicted molar refractivity (Wildman–Crippen MR) is 81.6 cm³/mol. The number of urea groups is 1. The topological polar surface area (TPSA) is 44.4 Å². The van der Waals surface area contributed by atoms with Gasteiger partial charge in [-0.3, -0.25) is 0 Å². The van der Waals surface area contributed by atoms with Crippen molar-refractivity contribution in [2.75, 3.05) is 25.0 Å². The zero-order chi connectivity index (χ0) is 14.1. The van der Waals surface area contributed by atoms with Crippen molar-refractivity contribution >= 4 is 34.9 Å². The van der Waals surface area contributed by atoms with Crippen LogP contribution in [0.3, 0.4) is 0 Å². The molecule has 2 amide bonds. The van der Waals surface area contributed by atoms with Gasteiger partial charge in [-0.05, 0) is 50.0 Å². The van der Waals surface area contributed by atoms with Crippen LogP contribution in [0.2, 0.25) is 10.0 Å².